The van der Waals surface area contributed by atoms with Gasteiger partial charge in [0.1, 0.15) is 11.6 Å². The predicted octanol–water partition coefficient (Wildman–Crippen LogP) is 3.12. The van der Waals surface area contributed by atoms with Crippen LogP contribution in [0.1, 0.15) is 24.4 Å². The summed E-state index contributed by atoms with van der Waals surface area (Å²) in [5.41, 5.74) is 1.60. The van der Waals surface area contributed by atoms with E-state index in [2.05, 4.69) is 15.5 Å². The van der Waals surface area contributed by atoms with Gasteiger partial charge in [0.25, 0.3) is 5.91 Å². The minimum absolute atomic E-state index is 0.182. The second-order valence-corrected chi connectivity index (χ2v) is 5.39. The van der Waals surface area contributed by atoms with Gasteiger partial charge in [0, 0.05) is 12.2 Å². The normalized spacial score (nSPS) is 11.4. The summed E-state index contributed by atoms with van der Waals surface area (Å²) < 4.78 is 5.25. The number of aromatic nitrogens is 2. The van der Waals surface area contributed by atoms with E-state index in [1.807, 2.05) is 43.3 Å². The van der Waals surface area contributed by atoms with Gasteiger partial charge in [0.15, 0.2) is 0 Å². The first kappa shape index (κ1) is 15.3. The fourth-order valence-corrected chi connectivity index (χ4v) is 2.28. The van der Waals surface area contributed by atoms with E-state index in [1.165, 1.54) is 11.3 Å². The molecule has 0 bridgehead atoms. The van der Waals surface area contributed by atoms with Gasteiger partial charge in [-0.3, -0.25) is 10.1 Å². The van der Waals surface area contributed by atoms with Crippen molar-refractivity contribution in [1.82, 2.24) is 10.2 Å². The lowest BCUT2D eigenvalue weighted by Gasteiger charge is -2.01. The average Bonchev–Trinajstić information content (AvgIpc) is 2.93. The maximum atomic E-state index is 12.1. The Balaban J connectivity index is 1.97. The number of amides is 1. The van der Waals surface area contributed by atoms with Crippen molar-refractivity contribution in [2.75, 3.05) is 11.9 Å². The number of carbonyl (C=O) groups is 1. The molecule has 1 heterocycles. The topological polar surface area (TPSA) is 64.1 Å². The van der Waals surface area contributed by atoms with E-state index < -0.39 is 0 Å². The molecule has 0 saturated heterocycles. The molecule has 2 rings (SSSR count). The smallest absolute Gasteiger partial charge is 0.253 e. The summed E-state index contributed by atoms with van der Waals surface area (Å²) in [4.78, 5) is 12.1. The average molecular weight is 303 g/mol. The maximum Gasteiger partial charge on any atom is 0.253 e. The molecule has 1 amide bonds. The Morgan fingerprint density at radius 2 is 2.10 bits per heavy atom. The zero-order valence-electron chi connectivity index (χ0n) is 12.0. The van der Waals surface area contributed by atoms with Gasteiger partial charge in [-0.2, -0.15) is 0 Å². The molecule has 0 aliphatic carbocycles. The molecule has 21 heavy (non-hydrogen) atoms. The Kier molecular flexibility index (Phi) is 5.59. The quantitative estimate of drug-likeness (QED) is 0.833. The molecule has 5 nitrogen and oxygen atoms in total. The van der Waals surface area contributed by atoms with Crippen molar-refractivity contribution in [2.45, 2.75) is 20.5 Å². The van der Waals surface area contributed by atoms with Crippen molar-refractivity contribution < 1.29 is 9.53 Å². The molecule has 0 aliphatic heterocycles. The van der Waals surface area contributed by atoms with Crippen molar-refractivity contribution in [2.24, 2.45) is 0 Å². The summed E-state index contributed by atoms with van der Waals surface area (Å²) in [5.74, 6) is -0.182. The molecule has 0 aliphatic rings. The minimum Gasteiger partial charge on any atom is -0.374 e. The molecule has 1 aromatic carbocycles. The highest BCUT2D eigenvalue weighted by Gasteiger charge is 2.09. The molecule has 2 aromatic rings. The lowest BCUT2D eigenvalue weighted by Crippen LogP contribution is -2.12. The first-order valence-electron chi connectivity index (χ1n) is 6.64. The summed E-state index contributed by atoms with van der Waals surface area (Å²) in [6, 6.07) is 9.70. The first-order valence-corrected chi connectivity index (χ1v) is 7.45. The fraction of sp³-hybridized carbons (Fsp3) is 0.267. The third-order valence-electron chi connectivity index (χ3n) is 2.66. The predicted molar refractivity (Wildman–Crippen MR) is 84.0 cm³/mol. The van der Waals surface area contributed by atoms with E-state index in [0.717, 1.165) is 10.6 Å². The van der Waals surface area contributed by atoms with Gasteiger partial charge >= 0.3 is 0 Å². The standard InChI is InChI=1S/C15H17N3O2S/c1-3-20-10-13-17-18-15(21-13)16-14(19)11(2)9-12-7-5-4-6-8-12/h4-9H,3,10H2,1-2H3,(H,16,18,19)/b11-9+. The molecule has 0 fully saturated rings. The summed E-state index contributed by atoms with van der Waals surface area (Å²) in [6.07, 6.45) is 1.83. The number of nitrogens with one attached hydrogen (secondary N) is 1. The van der Waals surface area contributed by atoms with Gasteiger partial charge in [-0.15, -0.1) is 10.2 Å². The number of hydrogen-bond acceptors (Lipinski definition) is 5. The van der Waals surface area contributed by atoms with Crippen molar-refractivity contribution >= 4 is 28.5 Å². The van der Waals surface area contributed by atoms with Crippen LogP contribution in [0.4, 0.5) is 5.13 Å². The second-order valence-electron chi connectivity index (χ2n) is 4.33. The zero-order chi connectivity index (χ0) is 15.1. The van der Waals surface area contributed by atoms with E-state index in [0.29, 0.717) is 23.9 Å². The van der Waals surface area contributed by atoms with Gasteiger partial charge < -0.3 is 4.74 Å². The van der Waals surface area contributed by atoms with Crippen LogP contribution in [0.15, 0.2) is 35.9 Å². The SMILES string of the molecule is CCOCc1nnc(NC(=O)/C(C)=C/c2ccccc2)s1. The summed E-state index contributed by atoms with van der Waals surface area (Å²) >= 11 is 1.32. The number of hydrogen-bond donors (Lipinski definition) is 1. The molecule has 0 radical (unpaired) electrons. The highest BCUT2D eigenvalue weighted by atomic mass is 32.1. The molecule has 0 spiro atoms. The third-order valence-corrected chi connectivity index (χ3v) is 3.47. The summed E-state index contributed by atoms with van der Waals surface area (Å²) in [7, 11) is 0. The first-order chi connectivity index (χ1) is 10.2. The number of rotatable bonds is 6. The fourth-order valence-electron chi connectivity index (χ4n) is 1.61. The summed E-state index contributed by atoms with van der Waals surface area (Å²) in [5, 5.41) is 11.9. The van der Waals surface area contributed by atoms with Crippen molar-refractivity contribution in [3.8, 4) is 0 Å². The van der Waals surface area contributed by atoms with Crippen molar-refractivity contribution in [3.05, 3.63) is 46.5 Å². The molecule has 0 unspecified atom stereocenters. The number of benzene rings is 1. The molecule has 1 N–H and O–H groups in total. The van der Waals surface area contributed by atoms with E-state index in [-0.39, 0.29) is 5.91 Å². The van der Waals surface area contributed by atoms with Crippen LogP contribution in [0.2, 0.25) is 0 Å². The van der Waals surface area contributed by atoms with Crippen LogP contribution < -0.4 is 5.32 Å². The van der Waals surface area contributed by atoms with Gasteiger partial charge in [0.2, 0.25) is 5.13 Å². The van der Waals surface area contributed by atoms with Crippen LogP contribution in [0.3, 0.4) is 0 Å². The van der Waals surface area contributed by atoms with Crippen LogP contribution in [0.25, 0.3) is 6.08 Å². The van der Waals surface area contributed by atoms with Gasteiger partial charge in [-0.25, -0.2) is 0 Å². The van der Waals surface area contributed by atoms with Gasteiger partial charge in [-0.05, 0) is 25.5 Å². The number of carbonyl (C=O) groups excluding carboxylic acids is 1. The molecule has 0 saturated carbocycles. The van der Waals surface area contributed by atoms with Gasteiger partial charge in [0.05, 0.1) is 0 Å². The maximum absolute atomic E-state index is 12.1. The second kappa shape index (κ2) is 7.66. The Bertz CT molecular complexity index is 623. The lowest BCUT2D eigenvalue weighted by atomic mass is 10.1. The Morgan fingerprint density at radius 3 is 2.81 bits per heavy atom. The molecular weight excluding hydrogens is 286 g/mol. The monoisotopic (exact) mass is 303 g/mol. The molecular formula is C15H17N3O2S. The Hall–Kier alpha value is -2.05. The largest absolute Gasteiger partial charge is 0.374 e. The van der Waals surface area contributed by atoms with Gasteiger partial charge in [-0.1, -0.05) is 41.7 Å². The number of nitrogens with zero attached hydrogens (tertiary/aromatic N) is 2. The highest BCUT2D eigenvalue weighted by Crippen LogP contribution is 2.17. The molecule has 0 atom stereocenters. The highest BCUT2D eigenvalue weighted by molar-refractivity contribution is 7.15. The van der Waals surface area contributed by atoms with Crippen LogP contribution in [-0.4, -0.2) is 22.7 Å². The van der Waals surface area contributed by atoms with Crippen LogP contribution in [0, 0.1) is 0 Å². The van der Waals surface area contributed by atoms with Crippen LogP contribution in [0.5, 0.6) is 0 Å². The van der Waals surface area contributed by atoms with Crippen LogP contribution in [-0.2, 0) is 16.1 Å². The molecule has 110 valence electrons. The molecule has 6 heteroatoms. The van der Waals surface area contributed by atoms with Crippen molar-refractivity contribution in [3.63, 3.8) is 0 Å². The lowest BCUT2D eigenvalue weighted by molar-refractivity contribution is -0.112. The van der Waals surface area contributed by atoms with E-state index in [1.54, 1.807) is 6.92 Å². The van der Waals surface area contributed by atoms with Crippen LogP contribution >= 0.6 is 11.3 Å². The van der Waals surface area contributed by atoms with E-state index in [4.69, 9.17) is 4.74 Å². The number of ether oxygens (including phenoxy) is 1. The third kappa shape index (κ3) is 4.77. The summed E-state index contributed by atoms with van der Waals surface area (Å²) in [6.45, 7) is 4.73. The minimum atomic E-state index is -0.182. The zero-order valence-corrected chi connectivity index (χ0v) is 12.8. The molecule has 1 aromatic heterocycles. The number of anilines is 1. The Morgan fingerprint density at radius 1 is 1.33 bits per heavy atom. The van der Waals surface area contributed by atoms with E-state index in [9.17, 15) is 4.79 Å². The van der Waals surface area contributed by atoms with E-state index >= 15 is 0 Å². The Labute approximate surface area is 127 Å². The van der Waals surface area contributed by atoms with Crippen molar-refractivity contribution in [1.29, 1.82) is 0 Å².